The molecule has 0 aliphatic heterocycles. The van der Waals surface area contributed by atoms with E-state index >= 15 is 0 Å². The molecule has 0 atom stereocenters. The van der Waals surface area contributed by atoms with Gasteiger partial charge in [0.2, 0.25) is 0 Å². The van der Waals surface area contributed by atoms with Gasteiger partial charge in [-0.05, 0) is 25.1 Å². The summed E-state index contributed by atoms with van der Waals surface area (Å²) >= 11 is 12.1. The number of carbonyl (C=O) groups excluding carboxylic acids is 1. The first-order chi connectivity index (χ1) is 11.9. The van der Waals surface area contributed by atoms with Crippen molar-refractivity contribution < 1.29 is 9.53 Å². The number of halogens is 2. The minimum absolute atomic E-state index is 0.197. The van der Waals surface area contributed by atoms with Crippen molar-refractivity contribution in [3.63, 3.8) is 0 Å². The Labute approximate surface area is 154 Å². The van der Waals surface area contributed by atoms with E-state index in [2.05, 4.69) is 15.3 Å². The predicted molar refractivity (Wildman–Crippen MR) is 93.9 cm³/mol. The predicted octanol–water partition coefficient (Wildman–Crippen LogP) is 3.13. The molecule has 0 fully saturated rings. The van der Waals surface area contributed by atoms with Gasteiger partial charge < -0.3 is 9.30 Å². The zero-order valence-electron chi connectivity index (χ0n) is 13.8. The van der Waals surface area contributed by atoms with E-state index in [1.807, 2.05) is 24.6 Å². The molecule has 0 N–H and O–H groups in total. The Morgan fingerprint density at radius 2 is 1.96 bits per heavy atom. The number of rotatable bonds is 4. The third kappa shape index (κ3) is 3.38. The highest BCUT2D eigenvalue weighted by Gasteiger charge is 2.18. The summed E-state index contributed by atoms with van der Waals surface area (Å²) in [5.41, 5.74) is 1.66. The van der Waals surface area contributed by atoms with E-state index in [-0.39, 0.29) is 5.69 Å². The highest BCUT2D eigenvalue weighted by molar-refractivity contribution is 6.42. The molecule has 9 heteroatoms. The van der Waals surface area contributed by atoms with Gasteiger partial charge in [0.1, 0.15) is 12.4 Å². The van der Waals surface area contributed by atoms with Crippen LogP contribution in [-0.2, 0) is 18.3 Å². The van der Waals surface area contributed by atoms with Crippen molar-refractivity contribution in [3.8, 4) is 11.3 Å². The average molecular weight is 380 g/mol. The van der Waals surface area contributed by atoms with Gasteiger partial charge in [0, 0.05) is 12.6 Å². The molecule has 0 aliphatic carbocycles. The molecule has 2 aromatic heterocycles. The number of carbonyl (C=O) groups is 1. The van der Waals surface area contributed by atoms with Crippen LogP contribution >= 0.6 is 23.2 Å². The number of hydrogen-bond donors (Lipinski definition) is 0. The summed E-state index contributed by atoms with van der Waals surface area (Å²) in [6.07, 6.45) is 0. The lowest BCUT2D eigenvalue weighted by Gasteiger charge is -2.08. The second kappa shape index (κ2) is 6.85. The lowest BCUT2D eigenvalue weighted by molar-refractivity contribution is 0.0593. The summed E-state index contributed by atoms with van der Waals surface area (Å²) in [6.45, 7) is 2.20. The Kier molecular flexibility index (Phi) is 4.78. The molecular weight excluding hydrogens is 365 g/mol. The Balaban J connectivity index is 2.09. The van der Waals surface area contributed by atoms with E-state index in [0.29, 0.717) is 28.1 Å². The van der Waals surface area contributed by atoms with E-state index in [4.69, 9.17) is 27.9 Å². The highest BCUT2D eigenvalue weighted by Crippen LogP contribution is 2.29. The van der Waals surface area contributed by atoms with Gasteiger partial charge in [-0.1, -0.05) is 29.3 Å². The molecule has 0 bridgehead atoms. The number of aryl methyl sites for hydroxylation is 1. The Hall–Kier alpha value is -2.38. The van der Waals surface area contributed by atoms with Crippen LogP contribution in [0.3, 0.4) is 0 Å². The van der Waals surface area contributed by atoms with Crippen LogP contribution in [0.1, 0.15) is 22.1 Å². The summed E-state index contributed by atoms with van der Waals surface area (Å²) in [5, 5.41) is 13.4. The van der Waals surface area contributed by atoms with Crippen molar-refractivity contribution in [2.45, 2.75) is 13.5 Å². The Bertz CT molecular complexity index is 948. The largest absolute Gasteiger partial charge is 0.464 e. The molecule has 130 valence electrons. The maximum atomic E-state index is 11.9. The number of benzene rings is 1. The fraction of sp³-hybridized carbons (Fsp3) is 0.250. The quantitative estimate of drug-likeness (QED) is 0.650. The standard InChI is InChI=1S/C16H15Cl2N5O2/c1-9-19-20-15(22(9)2)8-23-14(7-13(21-23)16(24)25-3)10-4-5-11(17)12(18)6-10/h4-7H,8H2,1-3H3. The molecule has 25 heavy (non-hydrogen) atoms. The van der Waals surface area contributed by atoms with Crippen molar-refractivity contribution in [2.75, 3.05) is 7.11 Å². The van der Waals surface area contributed by atoms with Gasteiger partial charge >= 0.3 is 5.97 Å². The van der Waals surface area contributed by atoms with Crippen LogP contribution in [0, 0.1) is 6.92 Å². The molecule has 0 amide bonds. The maximum absolute atomic E-state index is 11.9. The van der Waals surface area contributed by atoms with E-state index in [0.717, 1.165) is 11.4 Å². The summed E-state index contributed by atoms with van der Waals surface area (Å²) in [4.78, 5) is 11.9. The number of methoxy groups -OCH3 is 1. The fourth-order valence-corrected chi connectivity index (χ4v) is 2.65. The summed E-state index contributed by atoms with van der Waals surface area (Å²) in [7, 11) is 3.18. The summed E-state index contributed by atoms with van der Waals surface area (Å²) in [5.74, 6) is 0.971. The third-order valence-corrected chi connectivity index (χ3v) is 4.60. The van der Waals surface area contributed by atoms with E-state index < -0.39 is 5.97 Å². The van der Waals surface area contributed by atoms with Crippen molar-refractivity contribution >= 4 is 29.2 Å². The third-order valence-electron chi connectivity index (χ3n) is 3.86. The minimum atomic E-state index is -0.519. The highest BCUT2D eigenvalue weighted by atomic mass is 35.5. The van der Waals surface area contributed by atoms with E-state index in [1.54, 1.807) is 22.9 Å². The summed E-state index contributed by atoms with van der Waals surface area (Å²) in [6, 6.07) is 6.88. The second-order valence-corrected chi connectivity index (χ2v) is 6.23. The van der Waals surface area contributed by atoms with Crippen LogP contribution in [-0.4, -0.2) is 37.6 Å². The number of esters is 1. The lowest BCUT2D eigenvalue weighted by atomic mass is 10.1. The Morgan fingerprint density at radius 3 is 2.56 bits per heavy atom. The molecule has 2 heterocycles. The molecule has 0 saturated heterocycles. The first-order valence-corrected chi connectivity index (χ1v) is 8.12. The first kappa shape index (κ1) is 17.4. The normalized spacial score (nSPS) is 10.9. The lowest BCUT2D eigenvalue weighted by Crippen LogP contribution is -2.11. The van der Waals surface area contributed by atoms with Gasteiger partial charge in [0.15, 0.2) is 11.5 Å². The molecule has 3 aromatic rings. The molecular formula is C16H15Cl2N5O2. The SMILES string of the molecule is COC(=O)c1cc(-c2ccc(Cl)c(Cl)c2)n(Cc2nnc(C)n2C)n1. The molecule has 0 spiro atoms. The number of aromatic nitrogens is 5. The van der Waals surface area contributed by atoms with Crippen LogP contribution in [0.5, 0.6) is 0 Å². The molecule has 0 radical (unpaired) electrons. The molecule has 0 saturated carbocycles. The van der Waals surface area contributed by atoms with Crippen molar-refractivity contribution in [1.29, 1.82) is 0 Å². The van der Waals surface area contributed by atoms with Crippen LogP contribution in [0.2, 0.25) is 10.0 Å². The molecule has 3 rings (SSSR count). The maximum Gasteiger partial charge on any atom is 0.358 e. The number of ether oxygens (including phenoxy) is 1. The first-order valence-electron chi connectivity index (χ1n) is 7.37. The summed E-state index contributed by atoms with van der Waals surface area (Å²) < 4.78 is 8.29. The molecule has 0 unspecified atom stereocenters. The Morgan fingerprint density at radius 1 is 1.20 bits per heavy atom. The van der Waals surface area contributed by atoms with E-state index in [9.17, 15) is 4.79 Å². The van der Waals surface area contributed by atoms with Crippen molar-refractivity contribution in [1.82, 2.24) is 24.5 Å². The number of hydrogen-bond acceptors (Lipinski definition) is 5. The van der Waals surface area contributed by atoms with Gasteiger partial charge in [0.25, 0.3) is 0 Å². The van der Waals surface area contributed by atoms with Crippen molar-refractivity contribution in [3.05, 3.63) is 51.7 Å². The average Bonchev–Trinajstić information content (AvgIpc) is 3.15. The van der Waals surface area contributed by atoms with Gasteiger partial charge in [-0.2, -0.15) is 5.10 Å². The van der Waals surface area contributed by atoms with E-state index in [1.165, 1.54) is 7.11 Å². The zero-order valence-corrected chi connectivity index (χ0v) is 15.3. The zero-order chi connectivity index (χ0) is 18.1. The van der Waals surface area contributed by atoms with Crippen LogP contribution < -0.4 is 0 Å². The topological polar surface area (TPSA) is 74.8 Å². The fourth-order valence-electron chi connectivity index (χ4n) is 2.35. The monoisotopic (exact) mass is 379 g/mol. The second-order valence-electron chi connectivity index (χ2n) is 5.42. The molecule has 1 aromatic carbocycles. The minimum Gasteiger partial charge on any atom is -0.464 e. The van der Waals surface area contributed by atoms with Crippen LogP contribution in [0.4, 0.5) is 0 Å². The smallest absolute Gasteiger partial charge is 0.358 e. The van der Waals surface area contributed by atoms with Gasteiger partial charge in [-0.3, -0.25) is 4.68 Å². The van der Waals surface area contributed by atoms with Crippen LogP contribution in [0.25, 0.3) is 11.3 Å². The van der Waals surface area contributed by atoms with Crippen molar-refractivity contribution in [2.24, 2.45) is 7.05 Å². The molecule has 0 aliphatic rings. The van der Waals surface area contributed by atoms with Crippen LogP contribution in [0.15, 0.2) is 24.3 Å². The number of nitrogens with zero attached hydrogens (tertiary/aromatic N) is 5. The van der Waals surface area contributed by atoms with Gasteiger partial charge in [0.05, 0.1) is 22.8 Å². The molecule has 7 nitrogen and oxygen atoms in total. The van der Waals surface area contributed by atoms with Gasteiger partial charge in [-0.15, -0.1) is 10.2 Å². The van der Waals surface area contributed by atoms with Gasteiger partial charge in [-0.25, -0.2) is 4.79 Å².